The summed E-state index contributed by atoms with van der Waals surface area (Å²) in [6, 6.07) is -0.586. The van der Waals surface area contributed by atoms with E-state index in [0.29, 0.717) is 19.4 Å². The Morgan fingerprint density at radius 3 is 2.90 bits per heavy atom. The highest BCUT2D eigenvalue weighted by Gasteiger charge is 2.34. The number of likely N-dealkylation sites (tertiary alicyclic amines) is 1. The number of aliphatic carboxylic acids is 1. The van der Waals surface area contributed by atoms with Crippen molar-refractivity contribution in [2.24, 2.45) is 0 Å². The summed E-state index contributed by atoms with van der Waals surface area (Å²) in [6.45, 7) is 2.63. The summed E-state index contributed by atoms with van der Waals surface area (Å²) in [5, 5.41) is 9.14. The lowest BCUT2D eigenvalue weighted by Crippen LogP contribution is -2.41. The Labute approximate surface area is 118 Å². The molecule has 1 aliphatic heterocycles. The molecule has 1 fully saturated rings. The zero-order valence-electron chi connectivity index (χ0n) is 11.7. The molecular weight excluding hydrogens is 258 g/mol. The Kier molecular flexibility index (Phi) is 4.76. The maximum Gasteiger partial charge on any atom is 0.326 e. The third kappa shape index (κ3) is 3.18. The molecule has 1 aromatic heterocycles. The van der Waals surface area contributed by atoms with Gasteiger partial charge < -0.3 is 14.6 Å². The molecule has 1 aromatic rings. The second kappa shape index (κ2) is 6.54. The van der Waals surface area contributed by atoms with Gasteiger partial charge in [-0.05, 0) is 19.3 Å². The van der Waals surface area contributed by atoms with Gasteiger partial charge in [-0.1, -0.05) is 13.3 Å². The monoisotopic (exact) mass is 279 g/mol. The second-order valence-electron chi connectivity index (χ2n) is 5.24. The van der Waals surface area contributed by atoms with Gasteiger partial charge in [-0.2, -0.15) is 0 Å². The first-order valence-electron chi connectivity index (χ1n) is 7.13. The van der Waals surface area contributed by atoms with Gasteiger partial charge in [-0.3, -0.25) is 4.79 Å². The van der Waals surface area contributed by atoms with Gasteiger partial charge in [0.1, 0.15) is 6.04 Å². The van der Waals surface area contributed by atoms with E-state index in [1.54, 1.807) is 12.5 Å². The van der Waals surface area contributed by atoms with Crippen LogP contribution in [0.1, 0.15) is 45.1 Å². The van der Waals surface area contributed by atoms with Crippen LogP contribution in [-0.4, -0.2) is 44.0 Å². The van der Waals surface area contributed by atoms with Gasteiger partial charge in [-0.15, -0.1) is 0 Å². The smallest absolute Gasteiger partial charge is 0.326 e. The number of hydrogen-bond acceptors (Lipinski definition) is 3. The predicted molar refractivity (Wildman–Crippen MR) is 73.2 cm³/mol. The third-order valence-corrected chi connectivity index (χ3v) is 3.84. The van der Waals surface area contributed by atoms with Gasteiger partial charge in [-0.25, -0.2) is 9.78 Å². The van der Waals surface area contributed by atoms with E-state index in [9.17, 15) is 9.59 Å². The fourth-order valence-corrected chi connectivity index (χ4v) is 2.82. The molecule has 0 saturated carbocycles. The molecule has 1 saturated heterocycles. The number of carboxylic acid groups (broad SMARTS) is 1. The van der Waals surface area contributed by atoms with Gasteiger partial charge in [0.2, 0.25) is 5.91 Å². The quantitative estimate of drug-likeness (QED) is 0.859. The van der Waals surface area contributed by atoms with Crippen LogP contribution < -0.4 is 0 Å². The third-order valence-electron chi connectivity index (χ3n) is 3.84. The minimum Gasteiger partial charge on any atom is -0.480 e. The zero-order valence-corrected chi connectivity index (χ0v) is 11.7. The highest BCUT2D eigenvalue weighted by Crippen LogP contribution is 2.23. The van der Waals surface area contributed by atoms with Crippen LogP contribution in [0.5, 0.6) is 0 Å². The summed E-state index contributed by atoms with van der Waals surface area (Å²) in [6.07, 6.45) is 8.79. The molecule has 6 nitrogen and oxygen atoms in total. The van der Waals surface area contributed by atoms with Crippen molar-refractivity contribution in [1.82, 2.24) is 14.5 Å². The van der Waals surface area contributed by atoms with Gasteiger partial charge in [0.25, 0.3) is 0 Å². The van der Waals surface area contributed by atoms with Gasteiger partial charge in [0.05, 0.1) is 6.33 Å². The standard InChI is InChI=1S/C14H21N3O3/c1-2-4-11(16-8-6-15-10-16)9-13(18)17-7-3-5-12(17)14(19)20/h6,8,10-12H,2-5,7,9H2,1H3,(H,19,20). The van der Waals surface area contributed by atoms with Crippen LogP contribution in [0.4, 0.5) is 0 Å². The van der Waals surface area contributed by atoms with Crippen LogP contribution in [0.3, 0.4) is 0 Å². The molecule has 2 heterocycles. The average molecular weight is 279 g/mol. The van der Waals surface area contributed by atoms with E-state index >= 15 is 0 Å². The van der Waals surface area contributed by atoms with E-state index in [0.717, 1.165) is 19.3 Å². The summed E-state index contributed by atoms with van der Waals surface area (Å²) < 4.78 is 1.94. The summed E-state index contributed by atoms with van der Waals surface area (Å²) in [7, 11) is 0. The molecule has 0 spiro atoms. The Morgan fingerprint density at radius 1 is 1.50 bits per heavy atom. The van der Waals surface area contributed by atoms with Crippen LogP contribution in [-0.2, 0) is 9.59 Å². The zero-order chi connectivity index (χ0) is 14.5. The lowest BCUT2D eigenvalue weighted by molar-refractivity contribution is -0.148. The van der Waals surface area contributed by atoms with Gasteiger partial charge >= 0.3 is 5.97 Å². The number of aromatic nitrogens is 2. The van der Waals surface area contributed by atoms with Gasteiger partial charge in [0.15, 0.2) is 0 Å². The van der Waals surface area contributed by atoms with E-state index < -0.39 is 12.0 Å². The Balaban J connectivity index is 2.03. The van der Waals surface area contributed by atoms with Crippen molar-refractivity contribution in [3.8, 4) is 0 Å². The molecule has 20 heavy (non-hydrogen) atoms. The molecule has 2 rings (SSSR count). The highest BCUT2D eigenvalue weighted by atomic mass is 16.4. The van der Waals surface area contributed by atoms with Crippen LogP contribution in [0.15, 0.2) is 18.7 Å². The number of carbonyl (C=O) groups excluding carboxylic acids is 1. The minimum absolute atomic E-state index is 0.0602. The molecule has 0 bridgehead atoms. The van der Waals surface area contributed by atoms with Crippen LogP contribution in [0, 0.1) is 0 Å². The fraction of sp³-hybridized carbons (Fsp3) is 0.643. The normalized spacial score (nSPS) is 20.1. The molecule has 110 valence electrons. The maximum atomic E-state index is 12.4. The van der Waals surface area contributed by atoms with Crippen molar-refractivity contribution in [2.45, 2.75) is 51.1 Å². The van der Waals surface area contributed by atoms with Crippen LogP contribution in [0.25, 0.3) is 0 Å². The summed E-state index contributed by atoms with van der Waals surface area (Å²) >= 11 is 0. The first kappa shape index (κ1) is 14.6. The van der Waals surface area contributed by atoms with E-state index in [1.807, 2.05) is 10.8 Å². The van der Waals surface area contributed by atoms with Crippen LogP contribution >= 0.6 is 0 Å². The molecule has 2 unspecified atom stereocenters. The van der Waals surface area contributed by atoms with Crippen molar-refractivity contribution in [3.63, 3.8) is 0 Å². The number of amides is 1. The largest absolute Gasteiger partial charge is 0.480 e. The average Bonchev–Trinajstić information content (AvgIpc) is 3.09. The molecule has 0 aliphatic carbocycles. The maximum absolute atomic E-state index is 12.4. The van der Waals surface area contributed by atoms with E-state index in [4.69, 9.17) is 5.11 Å². The SMILES string of the molecule is CCCC(CC(=O)N1CCCC1C(=O)O)n1ccnc1. The summed E-state index contributed by atoms with van der Waals surface area (Å²) in [4.78, 5) is 29.1. The molecule has 1 aliphatic rings. The number of rotatable bonds is 6. The van der Waals surface area contributed by atoms with Crippen molar-refractivity contribution < 1.29 is 14.7 Å². The Morgan fingerprint density at radius 2 is 2.30 bits per heavy atom. The summed E-state index contributed by atoms with van der Waals surface area (Å²) in [5.74, 6) is -0.965. The van der Waals surface area contributed by atoms with Crippen molar-refractivity contribution >= 4 is 11.9 Å². The molecule has 2 atom stereocenters. The Bertz CT molecular complexity index is 458. The van der Waals surface area contributed by atoms with Crippen molar-refractivity contribution in [1.29, 1.82) is 0 Å². The fourth-order valence-electron chi connectivity index (χ4n) is 2.82. The van der Waals surface area contributed by atoms with E-state index in [1.165, 1.54) is 4.90 Å². The van der Waals surface area contributed by atoms with Crippen molar-refractivity contribution in [3.05, 3.63) is 18.7 Å². The second-order valence-corrected chi connectivity index (χ2v) is 5.24. The number of imidazole rings is 1. The van der Waals surface area contributed by atoms with Crippen LogP contribution in [0.2, 0.25) is 0 Å². The summed E-state index contributed by atoms with van der Waals surface area (Å²) in [5.41, 5.74) is 0. The van der Waals surface area contributed by atoms with Gasteiger partial charge in [0, 0.05) is 31.4 Å². The molecule has 0 radical (unpaired) electrons. The molecule has 6 heteroatoms. The molecular formula is C14H21N3O3. The predicted octanol–water partition coefficient (Wildman–Crippen LogP) is 1.69. The number of carbonyl (C=O) groups is 2. The number of hydrogen-bond donors (Lipinski definition) is 1. The number of carboxylic acids is 1. The Hall–Kier alpha value is -1.85. The highest BCUT2D eigenvalue weighted by molar-refractivity contribution is 5.84. The van der Waals surface area contributed by atoms with E-state index in [2.05, 4.69) is 11.9 Å². The minimum atomic E-state index is -0.898. The first-order chi connectivity index (χ1) is 9.63. The topological polar surface area (TPSA) is 75.4 Å². The lowest BCUT2D eigenvalue weighted by Gasteiger charge is -2.25. The van der Waals surface area contributed by atoms with Crippen molar-refractivity contribution in [2.75, 3.05) is 6.54 Å². The lowest BCUT2D eigenvalue weighted by atomic mass is 10.1. The number of nitrogens with zero attached hydrogens (tertiary/aromatic N) is 3. The molecule has 1 amide bonds. The molecule has 0 aromatic carbocycles. The molecule has 1 N–H and O–H groups in total. The first-order valence-corrected chi connectivity index (χ1v) is 7.13. The van der Waals surface area contributed by atoms with E-state index in [-0.39, 0.29) is 11.9 Å².